The molecule has 0 radical (unpaired) electrons. The zero-order chi connectivity index (χ0) is 13.2. The number of aromatic nitrogens is 2. The van der Waals surface area contributed by atoms with Gasteiger partial charge in [-0.1, -0.05) is 12.1 Å². The van der Waals surface area contributed by atoms with E-state index < -0.39 is 0 Å². The van der Waals surface area contributed by atoms with Gasteiger partial charge < -0.3 is 15.6 Å². The molecule has 0 atom stereocenters. The Bertz CT molecular complexity index is 654. The largest absolute Gasteiger partial charge is 0.354 e. The summed E-state index contributed by atoms with van der Waals surface area (Å²) in [6, 6.07) is 7.54. The first kappa shape index (κ1) is 12.0. The van der Waals surface area contributed by atoms with E-state index >= 15 is 0 Å². The van der Waals surface area contributed by atoms with E-state index in [9.17, 15) is 9.59 Å². The highest BCUT2D eigenvalue weighted by Crippen LogP contribution is 2.08. The number of fused-ring (bicyclic) bond motifs is 1. The third-order valence-corrected chi connectivity index (χ3v) is 3.47. The summed E-state index contributed by atoms with van der Waals surface area (Å²) in [5.74, 6) is 0.145. The first-order chi connectivity index (χ1) is 9.25. The van der Waals surface area contributed by atoms with Gasteiger partial charge in [-0.15, -0.1) is 0 Å². The lowest BCUT2D eigenvalue weighted by Crippen LogP contribution is -2.51. The number of hydrogen-bond donors (Lipinski definition) is 3. The molecular formula is C13H16N4O2. The molecule has 1 fully saturated rings. The number of aromatic amines is 1. The van der Waals surface area contributed by atoms with Crippen molar-refractivity contribution in [2.45, 2.75) is 6.54 Å². The first-order valence-corrected chi connectivity index (χ1v) is 6.41. The highest BCUT2D eigenvalue weighted by Gasteiger charge is 2.24. The maximum atomic E-state index is 11.8. The highest BCUT2D eigenvalue weighted by molar-refractivity contribution is 5.80. The minimum atomic E-state index is -0.138. The lowest BCUT2D eigenvalue weighted by Gasteiger charge is -2.25. The van der Waals surface area contributed by atoms with Crippen LogP contribution < -0.4 is 16.3 Å². The Morgan fingerprint density at radius 3 is 2.89 bits per heavy atom. The number of H-pyrrole nitrogens is 1. The van der Waals surface area contributed by atoms with Gasteiger partial charge in [-0.3, -0.25) is 9.36 Å². The van der Waals surface area contributed by atoms with Gasteiger partial charge in [0.25, 0.3) is 0 Å². The van der Waals surface area contributed by atoms with Crippen LogP contribution in [0.1, 0.15) is 0 Å². The van der Waals surface area contributed by atoms with Crippen LogP contribution in [0.25, 0.3) is 11.0 Å². The van der Waals surface area contributed by atoms with Crippen LogP contribution in [-0.2, 0) is 11.3 Å². The van der Waals surface area contributed by atoms with Crippen LogP contribution in [0, 0.1) is 5.92 Å². The fourth-order valence-electron chi connectivity index (χ4n) is 2.24. The van der Waals surface area contributed by atoms with Crippen molar-refractivity contribution in [2.75, 3.05) is 19.6 Å². The Labute approximate surface area is 109 Å². The number of carbonyl (C=O) groups is 1. The minimum Gasteiger partial charge on any atom is -0.354 e. The van der Waals surface area contributed by atoms with Crippen LogP contribution in [0.5, 0.6) is 0 Å². The summed E-state index contributed by atoms with van der Waals surface area (Å²) in [6.45, 7) is 2.45. The van der Waals surface area contributed by atoms with Crippen molar-refractivity contribution in [2.24, 2.45) is 5.92 Å². The predicted octanol–water partition coefficient (Wildman–Crippen LogP) is -0.335. The predicted molar refractivity (Wildman–Crippen MR) is 71.9 cm³/mol. The molecule has 100 valence electrons. The number of rotatable bonds is 4. The Morgan fingerprint density at radius 1 is 1.37 bits per heavy atom. The zero-order valence-electron chi connectivity index (χ0n) is 10.5. The van der Waals surface area contributed by atoms with E-state index in [0.717, 1.165) is 24.1 Å². The van der Waals surface area contributed by atoms with Crippen molar-refractivity contribution in [3.63, 3.8) is 0 Å². The van der Waals surface area contributed by atoms with Crippen molar-refractivity contribution >= 4 is 16.9 Å². The molecule has 1 aromatic heterocycles. The minimum absolute atomic E-state index is 0.0617. The molecule has 1 aromatic carbocycles. The lowest BCUT2D eigenvalue weighted by molar-refractivity contribution is -0.126. The average Bonchev–Trinajstić information content (AvgIpc) is 2.64. The number of carbonyl (C=O) groups excluding carboxylic acids is 1. The molecular weight excluding hydrogens is 244 g/mol. The molecule has 1 aliphatic heterocycles. The number of benzene rings is 1. The summed E-state index contributed by atoms with van der Waals surface area (Å²) in [6.07, 6.45) is 0. The molecule has 0 aliphatic carbocycles. The van der Waals surface area contributed by atoms with E-state index in [2.05, 4.69) is 15.6 Å². The lowest BCUT2D eigenvalue weighted by atomic mass is 10.0. The maximum Gasteiger partial charge on any atom is 0.326 e. The second-order valence-corrected chi connectivity index (χ2v) is 4.75. The summed E-state index contributed by atoms with van der Waals surface area (Å²) < 4.78 is 1.65. The summed E-state index contributed by atoms with van der Waals surface area (Å²) in [7, 11) is 0. The van der Waals surface area contributed by atoms with Crippen LogP contribution in [0.2, 0.25) is 0 Å². The molecule has 6 nitrogen and oxygen atoms in total. The van der Waals surface area contributed by atoms with Gasteiger partial charge in [0.1, 0.15) is 0 Å². The van der Waals surface area contributed by atoms with E-state index in [-0.39, 0.29) is 17.5 Å². The second-order valence-electron chi connectivity index (χ2n) is 4.75. The Hall–Kier alpha value is -2.08. The van der Waals surface area contributed by atoms with Gasteiger partial charge in [0.05, 0.1) is 17.0 Å². The van der Waals surface area contributed by atoms with Crippen LogP contribution in [0.3, 0.4) is 0 Å². The number of nitrogens with zero attached hydrogens (tertiary/aromatic N) is 1. The Kier molecular flexibility index (Phi) is 3.08. The number of para-hydroxylation sites is 2. The number of nitrogens with one attached hydrogen (secondary N) is 3. The molecule has 0 saturated carbocycles. The molecule has 3 N–H and O–H groups in total. The van der Waals surface area contributed by atoms with Gasteiger partial charge in [-0.25, -0.2) is 4.79 Å². The number of imidazole rings is 1. The van der Waals surface area contributed by atoms with Crippen LogP contribution in [0.4, 0.5) is 0 Å². The molecule has 0 bridgehead atoms. The molecule has 0 spiro atoms. The quantitative estimate of drug-likeness (QED) is 0.704. The van der Waals surface area contributed by atoms with Crippen molar-refractivity contribution < 1.29 is 4.79 Å². The fourth-order valence-corrected chi connectivity index (χ4v) is 2.24. The number of amides is 1. The van der Waals surface area contributed by atoms with Crippen molar-refractivity contribution in [1.82, 2.24) is 20.2 Å². The summed E-state index contributed by atoms with van der Waals surface area (Å²) in [4.78, 5) is 26.3. The summed E-state index contributed by atoms with van der Waals surface area (Å²) in [5, 5.41) is 5.92. The number of hydrogen-bond acceptors (Lipinski definition) is 3. The van der Waals surface area contributed by atoms with Gasteiger partial charge in [0.2, 0.25) is 5.91 Å². The maximum absolute atomic E-state index is 11.8. The van der Waals surface area contributed by atoms with Crippen LogP contribution >= 0.6 is 0 Å². The first-order valence-electron chi connectivity index (χ1n) is 6.41. The third kappa shape index (κ3) is 2.26. The van der Waals surface area contributed by atoms with Gasteiger partial charge in [-0.2, -0.15) is 0 Å². The normalized spacial score (nSPS) is 15.4. The van der Waals surface area contributed by atoms with Crippen molar-refractivity contribution in [3.05, 3.63) is 34.7 Å². The van der Waals surface area contributed by atoms with Gasteiger partial charge in [0.15, 0.2) is 0 Å². The van der Waals surface area contributed by atoms with E-state index in [0.29, 0.717) is 13.1 Å². The van der Waals surface area contributed by atoms with Gasteiger partial charge >= 0.3 is 5.69 Å². The molecule has 3 rings (SSSR count). The third-order valence-electron chi connectivity index (χ3n) is 3.47. The Balaban J connectivity index is 1.66. The van der Waals surface area contributed by atoms with E-state index in [1.165, 1.54) is 0 Å². The van der Waals surface area contributed by atoms with Gasteiger partial charge in [0, 0.05) is 26.2 Å². The fraction of sp³-hybridized carbons (Fsp3) is 0.385. The molecule has 1 aliphatic rings. The molecule has 2 heterocycles. The van der Waals surface area contributed by atoms with Crippen LogP contribution in [-0.4, -0.2) is 35.1 Å². The molecule has 0 unspecified atom stereocenters. The zero-order valence-corrected chi connectivity index (χ0v) is 10.5. The highest BCUT2D eigenvalue weighted by atomic mass is 16.2. The van der Waals surface area contributed by atoms with E-state index in [1.54, 1.807) is 4.57 Å². The summed E-state index contributed by atoms with van der Waals surface area (Å²) in [5.41, 5.74) is 1.55. The molecule has 1 amide bonds. The SMILES string of the molecule is O=C(NCCn1c(=O)[nH]c2ccccc21)C1CNC1. The Morgan fingerprint density at radius 2 is 2.16 bits per heavy atom. The molecule has 19 heavy (non-hydrogen) atoms. The second kappa shape index (κ2) is 4.89. The van der Waals surface area contributed by atoms with Crippen LogP contribution in [0.15, 0.2) is 29.1 Å². The molecule has 2 aromatic rings. The van der Waals surface area contributed by atoms with E-state index in [1.807, 2.05) is 24.3 Å². The molecule has 1 saturated heterocycles. The standard InChI is InChI=1S/C13H16N4O2/c18-12(9-7-14-8-9)15-5-6-17-11-4-2-1-3-10(11)16-13(17)19/h1-4,9,14H,5-8H2,(H,15,18)(H,16,19). The smallest absolute Gasteiger partial charge is 0.326 e. The van der Waals surface area contributed by atoms with Crippen molar-refractivity contribution in [3.8, 4) is 0 Å². The topological polar surface area (TPSA) is 78.9 Å². The monoisotopic (exact) mass is 260 g/mol. The van der Waals surface area contributed by atoms with Crippen molar-refractivity contribution in [1.29, 1.82) is 0 Å². The summed E-state index contributed by atoms with van der Waals surface area (Å²) >= 11 is 0. The van der Waals surface area contributed by atoms with Gasteiger partial charge in [-0.05, 0) is 12.1 Å². The average molecular weight is 260 g/mol. The molecule has 6 heteroatoms. The van der Waals surface area contributed by atoms with E-state index in [4.69, 9.17) is 0 Å².